The Bertz CT molecular complexity index is 624. The number of aliphatic hydroxyl groups excluding tert-OH is 1. The van der Waals surface area contributed by atoms with Crippen LogP contribution < -0.4 is 5.73 Å². The standard InChI is InChI=1S/C17H20N2O/c1-11-8-15(17(18)19-10-11)16(20)14-7-6-12-4-2-3-5-13(12)9-14/h2-5,8,10,14,16,20H,6-7,9H2,1H3,(H2,18,19). The number of aryl methyl sites for hydroxylation is 2. The maximum atomic E-state index is 10.7. The number of anilines is 1. The highest BCUT2D eigenvalue weighted by molar-refractivity contribution is 5.43. The van der Waals surface area contributed by atoms with E-state index in [2.05, 4.69) is 29.2 Å². The molecule has 2 unspecified atom stereocenters. The fourth-order valence-electron chi connectivity index (χ4n) is 3.09. The van der Waals surface area contributed by atoms with Gasteiger partial charge in [-0.3, -0.25) is 0 Å². The fourth-order valence-corrected chi connectivity index (χ4v) is 3.09. The summed E-state index contributed by atoms with van der Waals surface area (Å²) in [5, 5.41) is 10.7. The van der Waals surface area contributed by atoms with Crippen LogP contribution in [0, 0.1) is 12.8 Å². The van der Waals surface area contributed by atoms with Crippen molar-refractivity contribution < 1.29 is 5.11 Å². The molecule has 1 aromatic carbocycles. The summed E-state index contributed by atoms with van der Waals surface area (Å²) >= 11 is 0. The van der Waals surface area contributed by atoms with Crippen LogP contribution in [-0.2, 0) is 12.8 Å². The van der Waals surface area contributed by atoms with Gasteiger partial charge in [0.2, 0.25) is 0 Å². The molecule has 0 spiro atoms. The molecule has 3 rings (SSSR count). The Morgan fingerprint density at radius 3 is 2.85 bits per heavy atom. The molecule has 1 aliphatic carbocycles. The third-order valence-corrected chi connectivity index (χ3v) is 4.24. The number of hydrogen-bond acceptors (Lipinski definition) is 3. The molecule has 104 valence electrons. The largest absolute Gasteiger partial charge is 0.388 e. The number of rotatable bonds is 2. The summed E-state index contributed by atoms with van der Waals surface area (Å²) in [6, 6.07) is 10.4. The van der Waals surface area contributed by atoms with Crippen molar-refractivity contribution >= 4 is 5.82 Å². The molecule has 0 radical (unpaired) electrons. The van der Waals surface area contributed by atoms with Crippen molar-refractivity contribution in [1.29, 1.82) is 0 Å². The van der Waals surface area contributed by atoms with E-state index < -0.39 is 6.10 Å². The lowest BCUT2D eigenvalue weighted by Gasteiger charge is -2.29. The molecule has 0 bridgehead atoms. The van der Waals surface area contributed by atoms with Gasteiger partial charge in [0.25, 0.3) is 0 Å². The van der Waals surface area contributed by atoms with E-state index >= 15 is 0 Å². The van der Waals surface area contributed by atoms with Crippen molar-refractivity contribution in [3.8, 4) is 0 Å². The van der Waals surface area contributed by atoms with E-state index in [1.165, 1.54) is 11.1 Å². The van der Waals surface area contributed by atoms with Crippen LogP contribution in [0.2, 0.25) is 0 Å². The van der Waals surface area contributed by atoms with Crippen LogP contribution in [0.1, 0.15) is 34.8 Å². The lowest BCUT2D eigenvalue weighted by atomic mass is 9.79. The van der Waals surface area contributed by atoms with E-state index in [0.717, 1.165) is 30.4 Å². The Morgan fingerprint density at radius 2 is 2.05 bits per heavy atom. The van der Waals surface area contributed by atoms with Gasteiger partial charge in [-0.15, -0.1) is 0 Å². The van der Waals surface area contributed by atoms with Crippen LogP contribution >= 0.6 is 0 Å². The summed E-state index contributed by atoms with van der Waals surface area (Å²) in [7, 11) is 0. The predicted octanol–water partition coefficient (Wildman–Crippen LogP) is 2.81. The van der Waals surface area contributed by atoms with Crippen LogP contribution in [0.4, 0.5) is 5.82 Å². The Hall–Kier alpha value is -1.87. The van der Waals surface area contributed by atoms with Crippen LogP contribution in [0.15, 0.2) is 36.5 Å². The van der Waals surface area contributed by atoms with Gasteiger partial charge in [0, 0.05) is 11.8 Å². The van der Waals surface area contributed by atoms with E-state index in [4.69, 9.17) is 5.73 Å². The average Bonchev–Trinajstić information content (AvgIpc) is 2.48. The number of nitrogens with two attached hydrogens (primary N) is 1. The van der Waals surface area contributed by atoms with E-state index in [9.17, 15) is 5.11 Å². The van der Waals surface area contributed by atoms with Crippen molar-refractivity contribution in [2.45, 2.75) is 32.3 Å². The Labute approximate surface area is 119 Å². The van der Waals surface area contributed by atoms with E-state index in [-0.39, 0.29) is 5.92 Å². The minimum atomic E-state index is -0.532. The first-order chi connectivity index (χ1) is 9.65. The van der Waals surface area contributed by atoms with Crippen molar-refractivity contribution in [2.24, 2.45) is 5.92 Å². The normalized spacial score (nSPS) is 19.4. The summed E-state index contributed by atoms with van der Waals surface area (Å²) in [5.41, 5.74) is 10.5. The molecule has 2 atom stereocenters. The number of nitrogen functional groups attached to an aromatic ring is 1. The Balaban J connectivity index is 1.85. The lowest BCUT2D eigenvalue weighted by molar-refractivity contribution is 0.0998. The second-order valence-corrected chi connectivity index (χ2v) is 5.70. The van der Waals surface area contributed by atoms with E-state index in [0.29, 0.717) is 5.82 Å². The van der Waals surface area contributed by atoms with Gasteiger partial charge in [-0.25, -0.2) is 4.98 Å². The summed E-state index contributed by atoms with van der Waals surface area (Å²) in [6.07, 6.45) is 4.13. The monoisotopic (exact) mass is 268 g/mol. The minimum Gasteiger partial charge on any atom is -0.388 e. The summed E-state index contributed by atoms with van der Waals surface area (Å²) in [4.78, 5) is 4.16. The van der Waals surface area contributed by atoms with Gasteiger partial charge in [-0.05, 0) is 54.9 Å². The number of hydrogen-bond donors (Lipinski definition) is 2. The highest BCUT2D eigenvalue weighted by Gasteiger charge is 2.27. The summed E-state index contributed by atoms with van der Waals surface area (Å²) in [6.45, 7) is 1.97. The topological polar surface area (TPSA) is 59.1 Å². The molecule has 1 aliphatic rings. The molecule has 0 saturated carbocycles. The van der Waals surface area contributed by atoms with Crippen molar-refractivity contribution in [3.05, 3.63) is 58.8 Å². The quantitative estimate of drug-likeness (QED) is 0.880. The van der Waals surface area contributed by atoms with Gasteiger partial charge in [0.1, 0.15) is 5.82 Å². The highest BCUT2D eigenvalue weighted by atomic mass is 16.3. The number of aliphatic hydroxyl groups is 1. The summed E-state index contributed by atoms with van der Waals surface area (Å²) in [5.74, 6) is 0.665. The third-order valence-electron chi connectivity index (χ3n) is 4.24. The second-order valence-electron chi connectivity index (χ2n) is 5.70. The molecule has 3 heteroatoms. The van der Waals surface area contributed by atoms with Crippen LogP contribution in [0.5, 0.6) is 0 Å². The summed E-state index contributed by atoms with van der Waals surface area (Å²) < 4.78 is 0. The molecule has 0 aliphatic heterocycles. The van der Waals surface area contributed by atoms with Crippen LogP contribution in [0.25, 0.3) is 0 Å². The van der Waals surface area contributed by atoms with Crippen molar-refractivity contribution in [2.75, 3.05) is 5.73 Å². The van der Waals surface area contributed by atoms with Gasteiger partial charge in [-0.1, -0.05) is 24.3 Å². The molecule has 0 saturated heterocycles. The third kappa shape index (κ3) is 2.41. The fraction of sp³-hybridized carbons (Fsp3) is 0.353. The smallest absolute Gasteiger partial charge is 0.129 e. The van der Waals surface area contributed by atoms with Crippen LogP contribution in [-0.4, -0.2) is 10.1 Å². The Kier molecular flexibility index (Phi) is 3.45. The maximum absolute atomic E-state index is 10.7. The van der Waals surface area contributed by atoms with Crippen molar-refractivity contribution in [3.63, 3.8) is 0 Å². The maximum Gasteiger partial charge on any atom is 0.129 e. The average molecular weight is 268 g/mol. The molecule has 20 heavy (non-hydrogen) atoms. The van der Waals surface area contributed by atoms with Gasteiger partial charge in [0.15, 0.2) is 0 Å². The predicted molar refractivity (Wildman–Crippen MR) is 80.3 cm³/mol. The Morgan fingerprint density at radius 1 is 1.30 bits per heavy atom. The molecule has 0 amide bonds. The molecule has 3 N–H and O–H groups in total. The molecular weight excluding hydrogens is 248 g/mol. The molecule has 1 aromatic heterocycles. The molecule has 3 nitrogen and oxygen atoms in total. The SMILES string of the molecule is Cc1cnc(N)c(C(O)C2CCc3ccccc3C2)c1. The van der Waals surface area contributed by atoms with Crippen molar-refractivity contribution in [1.82, 2.24) is 4.98 Å². The number of pyridine rings is 1. The highest BCUT2D eigenvalue weighted by Crippen LogP contribution is 2.35. The first kappa shape index (κ1) is 13.1. The zero-order valence-electron chi connectivity index (χ0n) is 11.7. The zero-order valence-corrected chi connectivity index (χ0v) is 11.7. The number of fused-ring (bicyclic) bond motifs is 1. The van der Waals surface area contributed by atoms with E-state index in [1.54, 1.807) is 6.20 Å². The number of benzene rings is 1. The number of aromatic nitrogens is 1. The lowest BCUT2D eigenvalue weighted by Crippen LogP contribution is -2.22. The second kappa shape index (κ2) is 5.25. The van der Waals surface area contributed by atoms with Gasteiger partial charge in [-0.2, -0.15) is 0 Å². The molecule has 0 fully saturated rings. The minimum absolute atomic E-state index is 0.218. The number of nitrogens with zero attached hydrogens (tertiary/aromatic N) is 1. The van der Waals surface area contributed by atoms with Gasteiger partial charge < -0.3 is 10.8 Å². The first-order valence-electron chi connectivity index (χ1n) is 7.12. The first-order valence-corrected chi connectivity index (χ1v) is 7.12. The van der Waals surface area contributed by atoms with Gasteiger partial charge in [0.05, 0.1) is 6.10 Å². The zero-order chi connectivity index (χ0) is 14.1. The molecule has 2 aromatic rings. The van der Waals surface area contributed by atoms with E-state index in [1.807, 2.05) is 13.0 Å². The molecular formula is C17H20N2O. The van der Waals surface area contributed by atoms with Gasteiger partial charge >= 0.3 is 0 Å². The van der Waals surface area contributed by atoms with Crippen LogP contribution in [0.3, 0.4) is 0 Å². The molecule has 1 heterocycles.